The van der Waals surface area contributed by atoms with Gasteiger partial charge >= 0.3 is 0 Å². The third-order valence-electron chi connectivity index (χ3n) is 5.66. The molecule has 0 bridgehead atoms. The molecule has 8 heteroatoms. The molecule has 1 aromatic carbocycles. The number of rotatable bonds is 6. The molecule has 2 amide bonds. The van der Waals surface area contributed by atoms with Gasteiger partial charge in [0, 0.05) is 36.8 Å². The maximum Gasteiger partial charge on any atom is 0.274 e. The first-order valence-electron chi connectivity index (χ1n) is 10.9. The largest absolute Gasteiger partial charge is 0.367 e. The quantitative estimate of drug-likeness (QED) is 0.641. The third kappa shape index (κ3) is 4.84. The highest BCUT2D eigenvalue weighted by molar-refractivity contribution is 6.31. The van der Waals surface area contributed by atoms with E-state index < -0.39 is 0 Å². The molecule has 0 spiro atoms. The molecule has 0 atom stereocenters. The van der Waals surface area contributed by atoms with Crippen LogP contribution in [0.1, 0.15) is 33.3 Å². The van der Waals surface area contributed by atoms with Crippen LogP contribution in [0.5, 0.6) is 0 Å². The molecule has 7 nitrogen and oxygen atoms in total. The van der Waals surface area contributed by atoms with Gasteiger partial charge in [0.1, 0.15) is 11.5 Å². The molecular weight excluding hydrogens is 438 g/mol. The molecule has 2 N–H and O–H groups in total. The van der Waals surface area contributed by atoms with Gasteiger partial charge in [-0.05, 0) is 48.9 Å². The molecule has 3 heterocycles. The first-order chi connectivity index (χ1) is 16.0. The molecule has 4 rings (SSSR count). The number of aromatic nitrogens is 1. The van der Waals surface area contributed by atoms with E-state index in [1.54, 1.807) is 47.4 Å². The average molecular weight is 464 g/mol. The van der Waals surface area contributed by atoms with Gasteiger partial charge in [0.15, 0.2) is 0 Å². The summed E-state index contributed by atoms with van der Waals surface area (Å²) in [6.07, 6.45) is 5.48. The summed E-state index contributed by atoms with van der Waals surface area (Å²) in [6, 6.07) is 10.3. The molecule has 0 saturated carbocycles. The van der Waals surface area contributed by atoms with Gasteiger partial charge in [-0.25, -0.2) is 4.98 Å². The highest BCUT2D eigenvalue weighted by Crippen LogP contribution is 2.29. The number of carbonyl (C=O) groups excluding carboxylic acids is 2. The zero-order chi connectivity index (χ0) is 23.4. The van der Waals surface area contributed by atoms with Gasteiger partial charge in [-0.3, -0.25) is 14.5 Å². The van der Waals surface area contributed by atoms with E-state index in [1.165, 1.54) is 0 Å². The minimum atomic E-state index is -0.345. The molecule has 33 heavy (non-hydrogen) atoms. The van der Waals surface area contributed by atoms with Crippen LogP contribution < -0.4 is 15.5 Å². The lowest BCUT2D eigenvalue weighted by Gasteiger charge is -2.32. The summed E-state index contributed by atoms with van der Waals surface area (Å²) in [4.78, 5) is 34.2. The minimum absolute atomic E-state index is 0.157. The number of halogens is 1. The van der Waals surface area contributed by atoms with Crippen molar-refractivity contribution in [3.8, 4) is 0 Å². The van der Waals surface area contributed by atoms with Crippen molar-refractivity contribution in [1.29, 1.82) is 0 Å². The second-order valence-corrected chi connectivity index (χ2v) is 8.19. The Kier molecular flexibility index (Phi) is 6.91. The number of fused-ring (bicyclic) bond motifs is 1. The second-order valence-electron chi connectivity index (χ2n) is 7.75. The predicted octanol–water partition coefficient (Wildman–Crippen LogP) is 3.50. The van der Waals surface area contributed by atoms with Crippen molar-refractivity contribution in [3.63, 3.8) is 0 Å². The Labute approximate surface area is 198 Å². The Morgan fingerprint density at radius 2 is 2.03 bits per heavy atom. The van der Waals surface area contributed by atoms with Gasteiger partial charge in [-0.15, -0.1) is 0 Å². The number of hydrogen-bond acceptors (Lipinski definition) is 5. The zero-order valence-electron chi connectivity index (χ0n) is 18.5. The number of allylic oxidation sites excluding steroid dienone is 3. The van der Waals surface area contributed by atoms with Crippen molar-refractivity contribution in [3.05, 3.63) is 94.4 Å². The van der Waals surface area contributed by atoms with Crippen LogP contribution in [-0.4, -0.2) is 47.9 Å². The smallest absolute Gasteiger partial charge is 0.274 e. The number of nitrogens with one attached hydrogen (secondary N) is 2. The van der Waals surface area contributed by atoms with E-state index in [4.69, 9.17) is 11.6 Å². The number of pyridine rings is 1. The van der Waals surface area contributed by atoms with Crippen LogP contribution in [0.2, 0.25) is 5.02 Å². The van der Waals surface area contributed by atoms with Crippen molar-refractivity contribution in [1.82, 2.24) is 20.5 Å². The zero-order valence-corrected chi connectivity index (χ0v) is 19.2. The van der Waals surface area contributed by atoms with Crippen molar-refractivity contribution >= 4 is 29.2 Å². The predicted molar refractivity (Wildman–Crippen MR) is 130 cm³/mol. The van der Waals surface area contributed by atoms with Gasteiger partial charge in [0.2, 0.25) is 0 Å². The van der Waals surface area contributed by atoms with Crippen molar-refractivity contribution < 1.29 is 9.59 Å². The van der Waals surface area contributed by atoms with Crippen molar-refractivity contribution in [2.75, 3.05) is 31.1 Å². The first kappa shape index (κ1) is 22.8. The average Bonchev–Trinajstić information content (AvgIpc) is 3.17. The van der Waals surface area contributed by atoms with Crippen LogP contribution in [0.15, 0.2) is 72.6 Å². The van der Waals surface area contributed by atoms with E-state index in [-0.39, 0.29) is 17.5 Å². The van der Waals surface area contributed by atoms with Gasteiger partial charge in [-0.2, -0.15) is 0 Å². The molecule has 170 valence electrons. The van der Waals surface area contributed by atoms with E-state index in [9.17, 15) is 9.59 Å². The van der Waals surface area contributed by atoms with Crippen LogP contribution in [0.25, 0.3) is 0 Å². The topological polar surface area (TPSA) is 77.6 Å². The Hall–Kier alpha value is -3.42. The van der Waals surface area contributed by atoms with Gasteiger partial charge in [-0.1, -0.05) is 36.4 Å². The standard InChI is InChI=1S/C25H26ClN5O2/c1-3-6-22(30-13-11-27-12-14-30)20(4-2)29-24(32)21-7-5-8-23(28-21)31-16-17-15-18(26)9-10-19(17)25(31)33/h3-10,15,27H,1,11-14,16H2,2H3,(H,29,32)/b20-4+,22-6+. The second kappa shape index (κ2) is 10.0. The lowest BCUT2D eigenvalue weighted by Crippen LogP contribution is -2.44. The van der Waals surface area contributed by atoms with Crippen LogP contribution in [0.3, 0.4) is 0 Å². The lowest BCUT2D eigenvalue weighted by atomic mass is 10.1. The fourth-order valence-corrected chi connectivity index (χ4v) is 4.22. The maximum absolute atomic E-state index is 13.1. The number of carbonyl (C=O) groups is 2. The van der Waals surface area contributed by atoms with Gasteiger partial charge in [0.25, 0.3) is 11.8 Å². The van der Waals surface area contributed by atoms with Crippen molar-refractivity contribution in [2.45, 2.75) is 13.5 Å². The van der Waals surface area contributed by atoms with Gasteiger partial charge < -0.3 is 15.5 Å². The Morgan fingerprint density at radius 1 is 1.24 bits per heavy atom. The lowest BCUT2D eigenvalue weighted by molar-refractivity contribution is 0.0955. The van der Waals surface area contributed by atoms with Gasteiger partial charge in [0.05, 0.1) is 17.9 Å². The molecule has 2 aliphatic heterocycles. The third-order valence-corrected chi connectivity index (χ3v) is 5.90. The number of hydrogen-bond donors (Lipinski definition) is 2. The number of anilines is 1. The Bertz CT molecular complexity index is 1150. The molecular formula is C25H26ClN5O2. The van der Waals surface area contributed by atoms with E-state index in [0.29, 0.717) is 28.6 Å². The van der Waals surface area contributed by atoms with Crippen LogP contribution in [-0.2, 0) is 6.54 Å². The molecule has 2 aromatic rings. The van der Waals surface area contributed by atoms with Crippen LogP contribution in [0, 0.1) is 0 Å². The fraction of sp³-hybridized carbons (Fsp3) is 0.240. The van der Waals surface area contributed by atoms with Crippen LogP contribution in [0.4, 0.5) is 5.82 Å². The number of benzene rings is 1. The molecule has 0 radical (unpaired) electrons. The molecule has 0 aliphatic carbocycles. The number of piperazine rings is 1. The Morgan fingerprint density at radius 3 is 2.76 bits per heavy atom. The summed E-state index contributed by atoms with van der Waals surface area (Å²) in [7, 11) is 0. The molecule has 1 saturated heterocycles. The van der Waals surface area contributed by atoms with Crippen molar-refractivity contribution in [2.24, 2.45) is 0 Å². The first-order valence-corrected chi connectivity index (χ1v) is 11.2. The van der Waals surface area contributed by atoms with E-state index in [0.717, 1.165) is 37.4 Å². The molecule has 2 aliphatic rings. The van der Waals surface area contributed by atoms with E-state index in [1.807, 2.05) is 19.1 Å². The Balaban J connectivity index is 1.53. The highest BCUT2D eigenvalue weighted by Gasteiger charge is 2.30. The minimum Gasteiger partial charge on any atom is -0.367 e. The number of nitrogens with zero attached hydrogens (tertiary/aromatic N) is 3. The fourth-order valence-electron chi connectivity index (χ4n) is 4.03. The van der Waals surface area contributed by atoms with Crippen LogP contribution >= 0.6 is 11.6 Å². The SMILES string of the molecule is C=C/C=C(\C(=C/C)NC(=O)c1cccc(N2Cc3cc(Cl)ccc3C2=O)n1)N1CCNCC1. The summed E-state index contributed by atoms with van der Waals surface area (Å²) in [5.41, 5.74) is 3.26. The monoisotopic (exact) mass is 463 g/mol. The normalized spacial score (nSPS) is 16.6. The summed E-state index contributed by atoms with van der Waals surface area (Å²) in [5.74, 6) is -0.0796. The number of amides is 2. The molecule has 0 unspecified atom stereocenters. The molecule has 1 fully saturated rings. The summed E-state index contributed by atoms with van der Waals surface area (Å²) >= 11 is 6.08. The highest BCUT2D eigenvalue weighted by atomic mass is 35.5. The van der Waals surface area contributed by atoms with E-state index >= 15 is 0 Å². The van der Waals surface area contributed by atoms with E-state index in [2.05, 4.69) is 27.1 Å². The molecule has 1 aromatic heterocycles. The summed E-state index contributed by atoms with van der Waals surface area (Å²) in [6.45, 7) is 9.48. The summed E-state index contributed by atoms with van der Waals surface area (Å²) < 4.78 is 0. The maximum atomic E-state index is 13.1. The summed E-state index contributed by atoms with van der Waals surface area (Å²) in [5, 5.41) is 6.89.